The van der Waals surface area contributed by atoms with Crippen LogP contribution in [0.3, 0.4) is 0 Å². The third-order valence-electron chi connectivity index (χ3n) is 4.09. The highest BCUT2D eigenvalue weighted by atomic mass is 32.2. The van der Waals surface area contributed by atoms with Crippen molar-refractivity contribution in [2.24, 2.45) is 0 Å². The summed E-state index contributed by atoms with van der Waals surface area (Å²) in [6.45, 7) is 0.276. The summed E-state index contributed by atoms with van der Waals surface area (Å²) in [5, 5.41) is 17.6. The molecular formula is C16H22N6O6S2. The lowest BCUT2D eigenvalue weighted by Crippen LogP contribution is -2.28. The summed E-state index contributed by atoms with van der Waals surface area (Å²) in [4.78, 5) is 30.1. The summed E-state index contributed by atoms with van der Waals surface area (Å²) < 4.78 is 13.5. The van der Waals surface area contributed by atoms with Gasteiger partial charge in [-0.1, -0.05) is 0 Å². The molecule has 0 amide bonds. The predicted octanol–water partition coefficient (Wildman–Crippen LogP) is -1.19. The average molecular weight is 459 g/mol. The molecule has 0 aliphatic carbocycles. The molecule has 2 aromatic heterocycles. The fourth-order valence-electron chi connectivity index (χ4n) is 2.66. The molecule has 0 saturated carbocycles. The summed E-state index contributed by atoms with van der Waals surface area (Å²) >= 11 is 2.86. The zero-order valence-corrected chi connectivity index (χ0v) is 17.4. The van der Waals surface area contributed by atoms with Crippen molar-refractivity contribution in [3.05, 3.63) is 45.5 Å². The van der Waals surface area contributed by atoms with Crippen molar-refractivity contribution in [2.45, 2.75) is 22.5 Å². The first-order valence-electron chi connectivity index (χ1n) is 8.86. The maximum Gasteiger partial charge on any atom is 0.351 e. The van der Waals surface area contributed by atoms with Crippen molar-refractivity contribution in [3.8, 4) is 0 Å². The Morgan fingerprint density at radius 2 is 1.63 bits per heavy atom. The molecule has 4 atom stereocenters. The maximum atomic E-state index is 11.5. The fourth-order valence-corrected chi connectivity index (χ4v) is 4.63. The average Bonchev–Trinajstić information content (AvgIpc) is 3.38. The molecule has 4 heterocycles. The van der Waals surface area contributed by atoms with Crippen molar-refractivity contribution >= 4 is 35.2 Å². The second-order valence-corrected chi connectivity index (χ2v) is 8.69. The number of anilines is 2. The third-order valence-corrected chi connectivity index (χ3v) is 6.46. The Labute approximate surface area is 179 Å². The van der Waals surface area contributed by atoms with Gasteiger partial charge in [-0.15, -0.1) is 23.5 Å². The highest BCUT2D eigenvalue weighted by molar-refractivity contribution is 8.00. The lowest BCUT2D eigenvalue weighted by molar-refractivity contribution is -0.00629. The molecule has 0 aromatic carbocycles. The second kappa shape index (κ2) is 10.3. The van der Waals surface area contributed by atoms with E-state index >= 15 is 0 Å². The Hall–Kier alpha value is -2.10. The van der Waals surface area contributed by atoms with Crippen LogP contribution in [-0.4, -0.2) is 65.8 Å². The number of aliphatic hydroxyl groups excluding tert-OH is 2. The first-order chi connectivity index (χ1) is 14.4. The van der Waals surface area contributed by atoms with Gasteiger partial charge in [0.15, 0.2) is 0 Å². The van der Waals surface area contributed by atoms with Crippen LogP contribution in [-0.2, 0) is 9.47 Å². The molecule has 0 bridgehead atoms. The molecule has 2 aromatic rings. The number of rotatable bonds is 4. The summed E-state index contributed by atoms with van der Waals surface area (Å²) in [5.74, 6) is 1.02. The van der Waals surface area contributed by atoms with E-state index in [0.717, 1.165) is 0 Å². The summed E-state index contributed by atoms with van der Waals surface area (Å²) in [6.07, 6.45) is 2.77. The number of aromatic nitrogens is 4. The predicted molar refractivity (Wildman–Crippen MR) is 113 cm³/mol. The van der Waals surface area contributed by atoms with Gasteiger partial charge in [-0.05, 0) is 12.1 Å². The van der Waals surface area contributed by atoms with Crippen molar-refractivity contribution in [2.75, 3.05) is 37.0 Å². The Bertz CT molecular complexity index is 894. The smallest absolute Gasteiger partial charge is 0.351 e. The van der Waals surface area contributed by atoms with E-state index < -0.39 is 11.4 Å². The molecule has 14 heteroatoms. The molecule has 12 nitrogen and oxygen atoms in total. The Balaban J connectivity index is 0.000000171. The molecule has 0 spiro atoms. The lowest BCUT2D eigenvalue weighted by atomic mass is 10.5. The van der Waals surface area contributed by atoms with Crippen molar-refractivity contribution in [1.82, 2.24) is 19.1 Å². The molecule has 2 aliphatic heterocycles. The van der Waals surface area contributed by atoms with E-state index in [1.165, 1.54) is 32.7 Å². The van der Waals surface area contributed by atoms with Gasteiger partial charge in [0.2, 0.25) is 0 Å². The van der Waals surface area contributed by atoms with Gasteiger partial charge < -0.3 is 31.2 Å². The minimum absolute atomic E-state index is 0.0572. The van der Waals surface area contributed by atoms with Crippen LogP contribution in [0, 0.1) is 0 Å². The number of ether oxygens (including phenoxy) is 2. The number of nitrogens with two attached hydrogens (primary N) is 2. The summed E-state index contributed by atoms with van der Waals surface area (Å²) in [7, 11) is 0. The van der Waals surface area contributed by atoms with E-state index in [9.17, 15) is 9.59 Å². The molecule has 164 valence electrons. The minimum Gasteiger partial charge on any atom is -0.393 e. The molecule has 6 N–H and O–H groups in total. The van der Waals surface area contributed by atoms with E-state index in [2.05, 4.69) is 9.97 Å². The molecule has 0 radical (unpaired) electrons. The molecule has 4 rings (SSSR count). The number of hydrogen-bond donors (Lipinski definition) is 4. The van der Waals surface area contributed by atoms with E-state index in [-0.39, 0.29) is 47.3 Å². The third kappa shape index (κ3) is 5.53. The van der Waals surface area contributed by atoms with Crippen molar-refractivity contribution < 1.29 is 19.7 Å². The van der Waals surface area contributed by atoms with Crippen LogP contribution in [0.15, 0.2) is 34.1 Å². The van der Waals surface area contributed by atoms with Crippen LogP contribution >= 0.6 is 23.5 Å². The van der Waals surface area contributed by atoms with Gasteiger partial charge in [0.05, 0.1) is 19.8 Å². The molecule has 0 unspecified atom stereocenters. The van der Waals surface area contributed by atoms with E-state index in [1.807, 2.05) is 0 Å². The quantitative estimate of drug-likeness (QED) is 0.431. The van der Waals surface area contributed by atoms with Gasteiger partial charge >= 0.3 is 11.4 Å². The van der Waals surface area contributed by atoms with Gasteiger partial charge in [-0.2, -0.15) is 9.97 Å². The topological polar surface area (TPSA) is 181 Å². The van der Waals surface area contributed by atoms with Crippen molar-refractivity contribution in [1.29, 1.82) is 0 Å². The summed E-state index contributed by atoms with van der Waals surface area (Å²) in [5.41, 5.74) is 9.39. The standard InChI is InChI=1S/2C8H11N3O3S/c9-5-1-2-11(8(13)10-5)6-4-15-7(3-12)14-6;9-5-1-2-11(8(13)10-5)6-4-14-7(3-12)15-6/h2*1-2,6-7,12H,3-4H2,(H2,9,10,13)/t2*6-,7-/m11/s1. The fraction of sp³-hybridized carbons (Fsp3) is 0.500. The highest BCUT2D eigenvalue weighted by Crippen LogP contribution is 2.34. The number of aliphatic hydroxyl groups is 2. The molecular weight excluding hydrogens is 436 g/mol. The SMILES string of the molecule is Nc1ccn([C@H]2CO[C@@H](CO)S2)c(=O)n1.Nc1ccn([C@H]2CS[C@H](CO)O2)c(=O)n1. The maximum absolute atomic E-state index is 11.5. The first kappa shape index (κ1) is 22.6. The van der Waals surface area contributed by atoms with Gasteiger partial charge in [0, 0.05) is 18.1 Å². The number of nitrogen functional groups attached to an aromatic ring is 2. The van der Waals surface area contributed by atoms with Crippen LogP contribution in [0.5, 0.6) is 0 Å². The van der Waals surface area contributed by atoms with Crippen molar-refractivity contribution in [3.63, 3.8) is 0 Å². The molecule has 2 saturated heterocycles. The van der Waals surface area contributed by atoms with Crippen LogP contribution in [0.4, 0.5) is 11.6 Å². The molecule has 2 fully saturated rings. The Morgan fingerprint density at radius 1 is 1.03 bits per heavy atom. The second-order valence-electron chi connectivity index (χ2n) is 6.16. The molecule has 2 aliphatic rings. The number of thioether (sulfide) groups is 2. The normalized spacial score (nSPS) is 25.7. The van der Waals surface area contributed by atoms with Crippen LogP contribution in [0.2, 0.25) is 0 Å². The number of hydrogen-bond acceptors (Lipinski definition) is 12. The monoisotopic (exact) mass is 458 g/mol. The number of nitrogens with zero attached hydrogens (tertiary/aromatic N) is 4. The summed E-state index contributed by atoms with van der Waals surface area (Å²) in [6, 6.07) is 3.11. The van der Waals surface area contributed by atoms with E-state index in [4.69, 9.17) is 31.2 Å². The minimum atomic E-state index is -0.431. The first-order valence-corrected chi connectivity index (χ1v) is 10.9. The zero-order valence-electron chi connectivity index (χ0n) is 15.7. The van der Waals surface area contributed by atoms with Crippen LogP contribution in [0.1, 0.15) is 11.6 Å². The molecule has 30 heavy (non-hydrogen) atoms. The van der Waals surface area contributed by atoms with Gasteiger partial charge in [-0.25, -0.2) is 9.59 Å². The Kier molecular flexibility index (Phi) is 7.74. The van der Waals surface area contributed by atoms with E-state index in [0.29, 0.717) is 12.4 Å². The van der Waals surface area contributed by atoms with Gasteiger partial charge in [0.1, 0.15) is 34.1 Å². The van der Waals surface area contributed by atoms with Crippen LogP contribution in [0.25, 0.3) is 0 Å². The Morgan fingerprint density at radius 3 is 2.13 bits per heavy atom. The zero-order chi connectivity index (χ0) is 21.7. The van der Waals surface area contributed by atoms with Crippen LogP contribution < -0.4 is 22.8 Å². The van der Waals surface area contributed by atoms with E-state index in [1.54, 1.807) is 24.5 Å². The largest absolute Gasteiger partial charge is 0.393 e. The van der Waals surface area contributed by atoms with Gasteiger partial charge in [-0.3, -0.25) is 9.13 Å². The lowest BCUT2D eigenvalue weighted by Gasteiger charge is -2.13. The van der Waals surface area contributed by atoms with Gasteiger partial charge in [0.25, 0.3) is 0 Å². The highest BCUT2D eigenvalue weighted by Gasteiger charge is 2.28.